The zero-order valence-electron chi connectivity index (χ0n) is 8.47. The van der Waals surface area contributed by atoms with E-state index in [2.05, 4.69) is 0 Å². The molecule has 0 heterocycles. The molecule has 0 atom stereocenters. The van der Waals surface area contributed by atoms with E-state index in [4.69, 9.17) is 0 Å². The quantitative estimate of drug-likeness (QED) is 0.663. The summed E-state index contributed by atoms with van der Waals surface area (Å²) in [6, 6.07) is 0. The number of carbonyl (C=O) groups excluding carboxylic acids is 4. The van der Waals surface area contributed by atoms with Crippen LogP contribution in [0.25, 0.3) is 0 Å². The van der Waals surface area contributed by atoms with Gasteiger partial charge in [-0.1, -0.05) is 0 Å². The van der Waals surface area contributed by atoms with Gasteiger partial charge in [-0.05, 0) is 27.7 Å². The summed E-state index contributed by atoms with van der Waals surface area (Å²) in [5.41, 5.74) is -2.06. The fourth-order valence-electron chi connectivity index (χ4n) is 1.49. The fourth-order valence-corrected chi connectivity index (χ4v) is 1.49. The number of carbonyl (C=O) groups is 4. The van der Waals surface area contributed by atoms with Gasteiger partial charge in [-0.2, -0.15) is 0 Å². The van der Waals surface area contributed by atoms with Crippen molar-refractivity contribution in [3.63, 3.8) is 0 Å². The second-order valence-electron chi connectivity index (χ2n) is 2.97. The molecule has 4 nitrogen and oxygen atoms in total. The van der Waals surface area contributed by atoms with Gasteiger partial charge < -0.3 is 0 Å². The molecule has 0 amide bonds. The van der Waals surface area contributed by atoms with Crippen molar-refractivity contribution in [1.82, 2.24) is 0 Å². The minimum atomic E-state index is -2.06. The zero-order chi connectivity index (χ0) is 10.8. The van der Waals surface area contributed by atoms with Crippen LogP contribution in [0.15, 0.2) is 0 Å². The Hall–Kier alpha value is -0.671. The van der Waals surface area contributed by atoms with E-state index in [0.717, 1.165) is 27.7 Å². The summed E-state index contributed by atoms with van der Waals surface area (Å²) < 4.78 is 0. The minimum Gasteiger partial charge on any atom is -0.298 e. The van der Waals surface area contributed by atoms with Gasteiger partial charge in [-0.25, -0.2) is 0 Å². The SMILES string of the molecule is CC(=O)C(C(C)=O)(C(C)=O)C(C)=O.[Ir]. The van der Waals surface area contributed by atoms with E-state index >= 15 is 0 Å². The molecular formula is C9H12IrO4. The first kappa shape index (κ1) is 15.8. The molecule has 14 heavy (non-hydrogen) atoms. The van der Waals surface area contributed by atoms with Crippen LogP contribution in [0.5, 0.6) is 0 Å². The number of hydrogen-bond acceptors (Lipinski definition) is 4. The van der Waals surface area contributed by atoms with Gasteiger partial charge in [0.1, 0.15) is 0 Å². The third-order valence-electron chi connectivity index (χ3n) is 2.11. The first-order chi connectivity index (χ1) is 5.77. The molecule has 5 heteroatoms. The monoisotopic (exact) mass is 377 g/mol. The van der Waals surface area contributed by atoms with Crippen molar-refractivity contribution in [1.29, 1.82) is 0 Å². The average Bonchev–Trinajstić information content (AvgIpc) is 1.82. The van der Waals surface area contributed by atoms with Crippen molar-refractivity contribution < 1.29 is 39.3 Å². The van der Waals surface area contributed by atoms with E-state index in [9.17, 15) is 19.2 Å². The third-order valence-corrected chi connectivity index (χ3v) is 2.11. The Balaban J connectivity index is 0. The summed E-state index contributed by atoms with van der Waals surface area (Å²) in [5.74, 6) is -2.83. The summed E-state index contributed by atoms with van der Waals surface area (Å²) in [6.07, 6.45) is 0. The molecule has 0 aliphatic carbocycles. The molecule has 0 N–H and O–H groups in total. The number of hydrogen-bond donors (Lipinski definition) is 0. The molecule has 0 aromatic rings. The Morgan fingerprint density at radius 3 is 0.786 bits per heavy atom. The van der Waals surface area contributed by atoms with Gasteiger partial charge in [0.05, 0.1) is 0 Å². The molecular weight excluding hydrogens is 364 g/mol. The third kappa shape index (κ3) is 2.22. The van der Waals surface area contributed by atoms with Crippen LogP contribution in [-0.2, 0) is 39.3 Å². The standard InChI is InChI=1S/C9H12O4.Ir/c1-5(10)9(6(2)11,7(3)12)8(4)13;/h1-4H3;. The van der Waals surface area contributed by atoms with Gasteiger partial charge in [0.15, 0.2) is 23.1 Å². The number of rotatable bonds is 4. The molecule has 0 saturated carbocycles. The Kier molecular flexibility index (Phi) is 5.94. The smallest absolute Gasteiger partial charge is 0.202 e. The average molecular weight is 376 g/mol. The van der Waals surface area contributed by atoms with Crippen molar-refractivity contribution in [2.45, 2.75) is 27.7 Å². The fraction of sp³-hybridized carbons (Fsp3) is 0.556. The van der Waals surface area contributed by atoms with E-state index in [1.807, 2.05) is 0 Å². The first-order valence-corrected chi connectivity index (χ1v) is 3.82. The predicted octanol–water partition coefficient (Wildman–Crippen LogP) is 0.326. The van der Waals surface area contributed by atoms with E-state index < -0.39 is 28.5 Å². The molecule has 0 bridgehead atoms. The van der Waals surface area contributed by atoms with Gasteiger partial charge >= 0.3 is 0 Å². The van der Waals surface area contributed by atoms with Crippen LogP contribution in [-0.4, -0.2) is 23.1 Å². The molecule has 0 fully saturated rings. The van der Waals surface area contributed by atoms with Crippen LogP contribution in [0.1, 0.15) is 27.7 Å². The maximum Gasteiger partial charge on any atom is 0.202 e. The van der Waals surface area contributed by atoms with Crippen LogP contribution >= 0.6 is 0 Å². The summed E-state index contributed by atoms with van der Waals surface area (Å²) in [6.45, 7) is 4.29. The molecule has 0 rings (SSSR count). The molecule has 0 aliphatic rings. The molecule has 0 aromatic carbocycles. The summed E-state index contributed by atoms with van der Waals surface area (Å²) >= 11 is 0. The number of ketones is 4. The molecule has 81 valence electrons. The Labute approximate surface area is 95.8 Å². The summed E-state index contributed by atoms with van der Waals surface area (Å²) in [5, 5.41) is 0. The Bertz CT molecular complexity index is 232. The van der Waals surface area contributed by atoms with Crippen molar-refractivity contribution >= 4 is 23.1 Å². The van der Waals surface area contributed by atoms with Gasteiger partial charge in [0, 0.05) is 20.1 Å². The van der Waals surface area contributed by atoms with E-state index in [-0.39, 0.29) is 20.1 Å². The Morgan fingerprint density at radius 2 is 0.786 bits per heavy atom. The van der Waals surface area contributed by atoms with Crippen molar-refractivity contribution in [3.05, 3.63) is 0 Å². The molecule has 0 aliphatic heterocycles. The van der Waals surface area contributed by atoms with Crippen molar-refractivity contribution in [2.24, 2.45) is 5.41 Å². The second kappa shape index (κ2) is 5.27. The van der Waals surface area contributed by atoms with E-state index in [1.54, 1.807) is 0 Å². The van der Waals surface area contributed by atoms with Crippen LogP contribution in [0.4, 0.5) is 0 Å². The molecule has 0 unspecified atom stereocenters. The van der Waals surface area contributed by atoms with Gasteiger partial charge in [0.25, 0.3) is 0 Å². The Morgan fingerprint density at radius 1 is 0.643 bits per heavy atom. The van der Waals surface area contributed by atoms with Crippen molar-refractivity contribution in [2.75, 3.05) is 0 Å². The predicted molar refractivity (Wildman–Crippen MR) is 45.2 cm³/mol. The van der Waals surface area contributed by atoms with Crippen LogP contribution in [0, 0.1) is 5.41 Å². The van der Waals surface area contributed by atoms with Gasteiger partial charge in [0.2, 0.25) is 5.41 Å². The van der Waals surface area contributed by atoms with Crippen LogP contribution in [0.2, 0.25) is 0 Å². The summed E-state index contributed by atoms with van der Waals surface area (Å²) in [4.78, 5) is 44.5. The molecule has 0 aromatic heterocycles. The van der Waals surface area contributed by atoms with Crippen LogP contribution in [0.3, 0.4) is 0 Å². The molecule has 1 radical (unpaired) electrons. The maximum atomic E-state index is 11.1. The van der Waals surface area contributed by atoms with Gasteiger partial charge in [-0.3, -0.25) is 19.2 Å². The second-order valence-corrected chi connectivity index (χ2v) is 2.97. The zero-order valence-corrected chi connectivity index (χ0v) is 10.9. The van der Waals surface area contributed by atoms with Gasteiger partial charge in [-0.15, -0.1) is 0 Å². The first-order valence-electron chi connectivity index (χ1n) is 3.82. The van der Waals surface area contributed by atoms with E-state index in [1.165, 1.54) is 0 Å². The minimum absolute atomic E-state index is 0. The number of Topliss-reactive ketones (excluding diaryl/α,β-unsaturated/α-hetero) is 4. The normalized spacial score (nSPS) is 10.0. The maximum absolute atomic E-state index is 11.1. The van der Waals surface area contributed by atoms with Crippen molar-refractivity contribution in [3.8, 4) is 0 Å². The molecule has 0 spiro atoms. The van der Waals surface area contributed by atoms with E-state index in [0.29, 0.717) is 0 Å². The molecule has 0 saturated heterocycles. The topological polar surface area (TPSA) is 68.3 Å². The largest absolute Gasteiger partial charge is 0.298 e. The van der Waals surface area contributed by atoms with Crippen LogP contribution < -0.4 is 0 Å². The summed E-state index contributed by atoms with van der Waals surface area (Å²) in [7, 11) is 0.